The Morgan fingerprint density at radius 1 is 1.48 bits per heavy atom. The number of carbonyl (C=O) groups is 1. The summed E-state index contributed by atoms with van der Waals surface area (Å²) in [7, 11) is 1.70. The van der Waals surface area contributed by atoms with Crippen molar-refractivity contribution in [3.63, 3.8) is 0 Å². The van der Waals surface area contributed by atoms with Crippen molar-refractivity contribution in [1.82, 2.24) is 9.47 Å². The summed E-state index contributed by atoms with van der Waals surface area (Å²) in [6, 6.07) is 3.51. The van der Waals surface area contributed by atoms with Crippen LogP contribution >= 0.6 is 0 Å². The van der Waals surface area contributed by atoms with Crippen molar-refractivity contribution in [1.29, 1.82) is 5.26 Å². The Morgan fingerprint density at radius 3 is 2.67 bits per heavy atom. The third-order valence-corrected chi connectivity index (χ3v) is 3.13. The second kappa shape index (κ2) is 8.14. The molecular formula is C16H21N3O2. The van der Waals surface area contributed by atoms with Gasteiger partial charge in [0.1, 0.15) is 11.8 Å². The number of hydrogen-bond donors (Lipinski definition) is 0. The number of aromatic nitrogens is 1. The largest absolute Gasteiger partial charge is 0.445 e. The van der Waals surface area contributed by atoms with E-state index in [1.165, 1.54) is 6.07 Å². The number of aryl methyl sites for hydroxylation is 1. The van der Waals surface area contributed by atoms with Crippen LogP contribution in [0.3, 0.4) is 0 Å². The first-order valence-corrected chi connectivity index (χ1v) is 7.00. The van der Waals surface area contributed by atoms with Crippen LogP contribution < -0.4 is 0 Å². The molecular weight excluding hydrogens is 266 g/mol. The minimum absolute atomic E-state index is 0.351. The molecule has 0 aromatic carbocycles. The quantitative estimate of drug-likeness (QED) is 0.612. The summed E-state index contributed by atoms with van der Waals surface area (Å²) in [5, 5.41) is 8.81. The molecule has 0 radical (unpaired) electrons. The van der Waals surface area contributed by atoms with Crippen molar-refractivity contribution >= 4 is 5.97 Å². The fraction of sp³-hybridized carbons (Fsp3) is 0.500. The Bertz CT molecular complexity index is 583. The lowest BCUT2D eigenvalue weighted by atomic mass is 10.3. The number of hydrogen-bond acceptors (Lipinski definition) is 4. The van der Waals surface area contributed by atoms with Crippen LogP contribution in [-0.4, -0.2) is 41.2 Å². The number of carbonyl (C=O) groups excluding carboxylic acids is 1. The van der Waals surface area contributed by atoms with Crippen molar-refractivity contribution in [3.8, 4) is 17.9 Å². The second-order valence-corrected chi connectivity index (χ2v) is 4.67. The van der Waals surface area contributed by atoms with Crippen LogP contribution in [0.1, 0.15) is 36.8 Å². The summed E-state index contributed by atoms with van der Waals surface area (Å²) in [4.78, 5) is 14.2. The van der Waals surface area contributed by atoms with Crippen molar-refractivity contribution in [3.05, 3.63) is 23.5 Å². The van der Waals surface area contributed by atoms with Crippen LogP contribution in [0.5, 0.6) is 0 Å². The van der Waals surface area contributed by atoms with Gasteiger partial charge in [0.25, 0.3) is 0 Å². The van der Waals surface area contributed by atoms with Gasteiger partial charge in [-0.05, 0) is 26.1 Å². The molecule has 1 rings (SSSR count). The maximum absolute atomic E-state index is 12.0. The van der Waals surface area contributed by atoms with Gasteiger partial charge < -0.3 is 9.30 Å². The number of nitriles is 1. The van der Waals surface area contributed by atoms with E-state index in [2.05, 4.69) is 30.6 Å². The third-order valence-electron chi connectivity index (χ3n) is 3.13. The Kier molecular flexibility index (Phi) is 6.52. The number of nitrogens with zero attached hydrogens (tertiary/aromatic N) is 3. The van der Waals surface area contributed by atoms with E-state index >= 15 is 0 Å². The maximum Gasteiger partial charge on any atom is 0.356 e. The van der Waals surface area contributed by atoms with Gasteiger partial charge >= 0.3 is 5.97 Å². The summed E-state index contributed by atoms with van der Waals surface area (Å²) < 4.78 is 6.84. The Hall–Kier alpha value is -2.24. The van der Waals surface area contributed by atoms with E-state index in [0.717, 1.165) is 13.1 Å². The summed E-state index contributed by atoms with van der Waals surface area (Å²) in [5.41, 5.74) is 0.786. The molecule has 0 N–H and O–H groups in total. The van der Waals surface area contributed by atoms with Crippen LogP contribution in [-0.2, 0) is 11.8 Å². The van der Waals surface area contributed by atoms with Gasteiger partial charge in [0.2, 0.25) is 0 Å². The number of ether oxygens (including phenoxy) is 1. The van der Waals surface area contributed by atoms with Crippen LogP contribution in [0.15, 0.2) is 12.3 Å². The summed E-state index contributed by atoms with van der Waals surface area (Å²) in [5.74, 6) is 5.46. The average molecular weight is 287 g/mol. The smallest absolute Gasteiger partial charge is 0.356 e. The normalized spacial score (nSPS) is 11.4. The molecule has 5 heteroatoms. The molecule has 0 amide bonds. The van der Waals surface area contributed by atoms with Gasteiger partial charge in [-0.3, -0.25) is 4.90 Å². The SMILES string of the molecule is CCN(CC)CC#C[C@H](C)OC(=O)c1cc(C#N)cn1C. The zero-order chi connectivity index (χ0) is 15.8. The lowest BCUT2D eigenvalue weighted by Gasteiger charge is -2.13. The highest BCUT2D eigenvalue weighted by Crippen LogP contribution is 2.08. The lowest BCUT2D eigenvalue weighted by Crippen LogP contribution is -2.23. The molecule has 5 nitrogen and oxygen atoms in total. The Balaban J connectivity index is 2.60. The molecule has 0 aliphatic rings. The minimum atomic E-state index is -0.478. The van der Waals surface area contributed by atoms with E-state index in [4.69, 9.17) is 10.00 Å². The summed E-state index contributed by atoms with van der Waals surface area (Å²) >= 11 is 0. The van der Waals surface area contributed by atoms with Crippen molar-refractivity contribution in [2.45, 2.75) is 26.9 Å². The highest BCUT2D eigenvalue weighted by atomic mass is 16.5. The second-order valence-electron chi connectivity index (χ2n) is 4.67. The average Bonchev–Trinajstić information content (AvgIpc) is 2.85. The van der Waals surface area contributed by atoms with Crippen molar-refractivity contribution < 1.29 is 9.53 Å². The maximum atomic E-state index is 12.0. The molecule has 0 spiro atoms. The first-order chi connectivity index (χ1) is 10.0. The first kappa shape index (κ1) is 16.8. The fourth-order valence-corrected chi connectivity index (χ4v) is 1.83. The molecule has 1 aromatic heterocycles. The predicted octanol–water partition coefficient (Wildman–Crippen LogP) is 1.79. The Labute approximate surface area is 126 Å². The number of rotatable bonds is 5. The van der Waals surface area contributed by atoms with E-state index in [0.29, 0.717) is 17.8 Å². The summed E-state index contributed by atoms with van der Waals surface area (Å²) in [6.07, 6.45) is 1.11. The van der Waals surface area contributed by atoms with Gasteiger partial charge in [-0.1, -0.05) is 25.7 Å². The molecule has 0 unspecified atom stereocenters. The minimum Gasteiger partial charge on any atom is -0.445 e. The number of esters is 1. The van der Waals surface area contributed by atoms with E-state index in [1.54, 1.807) is 24.7 Å². The van der Waals surface area contributed by atoms with E-state index in [9.17, 15) is 4.79 Å². The highest BCUT2D eigenvalue weighted by Gasteiger charge is 2.15. The zero-order valence-electron chi connectivity index (χ0n) is 13.0. The molecule has 1 aromatic rings. The van der Waals surface area contributed by atoms with Gasteiger partial charge in [-0.25, -0.2) is 4.79 Å². The molecule has 0 fully saturated rings. The molecule has 0 bridgehead atoms. The van der Waals surface area contributed by atoms with E-state index in [1.807, 2.05) is 6.07 Å². The monoisotopic (exact) mass is 287 g/mol. The molecule has 112 valence electrons. The van der Waals surface area contributed by atoms with Gasteiger partial charge in [0.05, 0.1) is 12.1 Å². The van der Waals surface area contributed by atoms with Gasteiger partial charge in [-0.15, -0.1) is 0 Å². The molecule has 0 aliphatic carbocycles. The first-order valence-electron chi connectivity index (χ1n) is 7.00. The van der Waals surface area contributed by atoms with E-state index < -0.39 is 12.1 Å². The van der Waals surface area contributed by atoms with Gasteiger partial charge in [0, 0.05) is 13.2 Å². The van der Waals surface area contributed by atoms with Gasteiger partial charge in [0.15, 0.2) is 6.10 Å². The molecule has 0 aliphatic heterocycles. The predicted molar refractivity (Wildman–Crippen MR) is 80.6 cm³/mol. The lowest BCUT2D eigenvalue weighted by molar-refractivity contribution is 0.0427. The van der Waals surface area contributed by atoms with Crippen LogP contribution in [0.25, 0.3) is 0 Å². The third kappa shape index (κ3) is 4.98. The molecule has 21 heavy (non-hydrogen) atoms. The molecule has 1 heterocycles. The molecule has 0 saturated heterocycles. The standard InChI is InChI=1S/C16H21N3O2/c1-5-19(6-2)9-7-8-13(3)21-16(20)15-10-14(11-17)12-18(15)4/h10,12-13H,5-6,9H2,1-4H3/t13-/m0/s1. The van der Waals surface area contributed by atoms with Crippen LogP contribution in [0, 0.1) is 23.2 Å². The van der Waals surface area contributed by atoms with Crippen molar-refractivity contribution in [2.75, 3.05) is 19.6 Å². The van der Waals surface area contributed by atoms with Gasteiger partial charge in [-0.2, -0.15) is 5.26 Å². The molecule has 1 atom stereocenters. The van der Waals surface area contributed by atoms with Crippen LogP contribution in [0.4, 0.5) is 0 Å². The Morgan fingerprint density at radius 2 is 2.14 bits per heavy atom. The highest BCUT2D eigenvalue weighted by molar-refractivity contribution is 5.88. The zero-order valence-corrected chi connectivity index (χ0v) is 13.0. The topological polar surface area (TPSA) is 58.3 Å². The van der Waals surface area contributed by atoms with Crippen LogP contribution in [0.2, 0.25) is 0 Å². The van der Waals surface area contributed by atoms with E-state index in [-0.39, 0.29) is 0 Å². The van der Waals surface area contributed by atoms with Crippen molar-refractivity contribution in [2.24, 2.45) is 7.05 Å². The fourth-order valence-electron chi connectivity index (χ4n) is 1.83. The summed E-state index contributed by atoms with van der Waals surface area (Å²) in [6.45, 7) is 8.45. The molecule has 0 saturated carbocycles.